The fourth-order valence-electron chi connectivity index (χ4n) is 1.97. The zero-order chi connectivity index (χ0) is 12.1. The van der Waals surface area contributed by atoms with Gasteiger partial charge in [-0.1, -0.05) is 0 Å². The Morgan fingerprint density at radius 3 is 2.82 bits per heavy atom. The average Bonchev–Trinajstić information content (AvgIpc) is 2.83. The first-order valence-corrected chi connectivity index (χ1v) is 7.59. The zero-order valence-electron chi connectivity index (χ0n) is 9.52. The fraction of sp³-hybridized carbons (Fsp3) is 0.500. The van der Waals surface area contributed by atoms with Gasteiger partial charge in [-0.05, 0) is 0 Å². The quantitative estimate of drug-likeness (QED) is 0.508. The molecule has 1 aliphatic rings. The van der Waals surface area contributed by atoms with E-state index in [2.05, 4.69) is 26.3 Å². The van der Waals surface area contributed by atoms with E-state index in [-0.39, 0.29) is 5.91 Å². The van der Waals surface area contributed by atoms with E-state index in [4.69, 9.17) is 0 Å². The van der Waals surface area contributed by atoms with E-state index in [0.29, 0.717) is 10.8 Å². The van der Waals surface area contributed by atoms with Gasteiger partial charge >= 0.3 is 114 Å². The molecule has 3 nitrogen and oxygen atoms in total. The van der Waals surface area contributed by atoms with Gasteiger partial charge in [-0.3, -0.25) is 0 Å². The molecule has 1 saturated carbocycles. The summed E-state index contributed by atoms with van der Waals surface area (Å²) in [5, 5.41) is 4.69. The van der Waals surface area contributed by atoms with Crippen LogP contribution in [-0.2, 0) is 0 Å². The van der Waals surface area contributed by atoms with Gasteiger partial charge in [0, 0.05) is 0 Å². The average molecular weight is 314 g/mol. The van der Waals surface area contributed by atoms with E-state index in [0.717, 1.165) is 17.7 Å². The van der Waals surface area contributed by atoms with Crippen molar-refractivity contribution < 1.29 is 4.79 Å². The zero-order valence-corrected chi connectivity index (χ0v) is 12.0. The molecule has 1 aromatic rings. The maximum atomic E-state index is 11.8. The van der Waals surface area contributed by atoms with Crippen LogP contribution in [0.1, 0.15) is 41.8 Å². The van der Waals surface area contributed by atoms with Gasteiger partial charge in [0.15, 0.2) is 0 Å². The minimum absolute atomic E-state index is 0.0756. The van der Waals surface area contributed by atoms with Gasteiger partial charge < -0.3 is 0 Å². The number of carbonyl (C=O) groups is 1. The van der Waals surface area contributed by atoms with Crippen molar-refractivity contribution in [3.05, 3.63) is 22.4 Å². The van der Waals surface area contributed by atoms with Crippen molar-refractivity contribution in [2.75, 3.05) is 0 Å². The summed E-state index contributed by atoms with van der Waals surface area (Å²) in [5.41, 5.74) is 0. The van der Waals surface area contributed by atoms with Crippen LogP contribution in [0.25, 0.3) is 0 Å². The molecule has 2 rings (SSSR count). The van der Waals surface area contributed by atoms with Crippen LogP contribution >= 0.6 is 11.3 Å². The molecular weight excluding hydrogens is 299 g/mol. The first-order valence-electron chi connectivity index (χ1n) is 5.85. The van der Waals surface area contributed by atoms with Crippen molar-refractivity contribution in [1.82, 2.24) is 5.32 Å². The molecule has 1 N–H and O–H groups in total. The van der Waals surface area contributed by atoms with Crippen LogP contribution in [0.3, 0.4) is 0 Å². The molecule has 0 unspecified atom stereocenters. The first-order chi connectivity index (χ1) is 8.25. The van der Waals surface area contributed by atoms with Crippen molar-refractivity contribution >= 4 is 38.0 Å². The predicted molar refractivity (Wildman–Crippen MR) is 71.8 cm³/mol. The molecule has 1 amide bonds. The van der Waals surface area contributed by atoms with E-state index in [1.54, 1.807) is 0 Å². The van der Waals surface area contributed by atoms with Gasteiger partial charge in [0.2, 0.25) is 0 Å². The molecule has 1 fully saturated rings. The van der Waals surface area contributed by atoms with Crippen molar-refractivity contribution in [2.45, 2.75) is 38.1 Å². The van der Waals surface area contributed by atoms with Crippen LogP contribution in [-0.4, -0.2) is 32.7 Å². The molecule has 1 aromatic heterocycles. The van der Waals surface area contributed by atoms with Crippen LogP contribution in [0.15, 0.2) is 22.5 Å². The SMILES string of the molecule is O=C(NC([Se])=NC1CCCCC1)c1cccs1. The number of thiophene rings is 1. The number of rotatable bonds is 2. The second-order valence-corrected chi connectivity index (χ2v) is 5.92. The standard InChI is InChI=1S/C12H15N2OSSe/c15-11(10-7-4-8-16-10)14-12(17)13-9-5-2-1-3-6-9/h4,7-9H,1-3,5-6H2,(H,13,14,15). The van der Waals surface area contributed by atoms with Crippen LogP contribution in [0.4, 0.5) is 0 Å². The summed E-state index contributed by atoms with van der Waals surface area (Å²) in [6.07, 6.45) is 6.09. The Hall–Kier alpha value is -0.641. The summed E-state index contributed by atoms with van der Waals surface area (Å²) in [6, 6.07) is 4.06. The van der Waals surface area contributed by atoms with Gasteiger partial charge in [0.25, 0.3) is 0 Å². The van der Waals surface area contributed by atoms with E-state index in [9.17, 15) is 4.79 Å². The van der Waals surface area contributed by atoms with Gasteiger partial charge in [0.1, 0.15) is 0 Å². The molecule has 0 aromatic carbocycles. The van der Waals surface area contributed by atoms with Gasteiger partial charge in [0.05, 0.1) is 0 Å². The molecule has 0 atom stereocenters. The minimum atomic E-state index is -0.0756. The molecule has 5 heteroatoms. The Morgan fingerprint density at radius 1 is 1.41 bits per heavy atom. The first kappa shape index (κ1) is 12.8. The molecule has 1 aliphatic carbocycles. The number of carbonyl (C=O) groups excluding carboxylic acids is 1. The monoisotopic (exact) mass is 315 g/mol. The third-order valence-electron chi connectivity index (χ3n) is 2.84. The summed E-state index contributed by atoms with van der Waals surface area (Å²) in [6.45, 7) is 0. The molecule has 1 radical (unpaired) electrons. The molecule has 17 heavy (non-hydrogen) atoms. The Bertz CT molecular complexity index is 397. The summed E-state index contributed by atoms with van der Waals surface area (Å²) in [5.74, 6) is -0.0756. The summed E-state index contributed by atoms with van der Waals surface area (Å²) >= 11 is 4.28. The van der Waals surface area contributed by atoms with Crippen molar-refractivity contribution in [1.29, 1.82) is 0 Å². The number of amidine groups is 1. The molecule has 0 bridgehead atoms. The van der Waals surface area contributed by atoms with E-state index in [1.807, 2.05) is 17.5 Å². The van der Waals surface area contributed by atoms with Crippen molar-refractivity contribution in [3.63, 3.8) is 0 Å². The van der Waals surface area contributed by atoms with Crippen LogP contribution in [0, 0.1) is 0 Å². The molecule has 1 heterocycles. The number of nitrogens with one attached hydrogen (secondary N) is 1. The van der Waals surface area contributed by atoms with Crippen LogP contribution in [0.2, 0.25) is 0 Å². The third kappa shape index (κ3) is 3.95. The molecule has 0 spiro atoms. The maximum absolute atomic E-state index is 11.8. The Balaban J connectivity index is 1.89. The normalized spacial score (nSPS) is 18.0. The fourth-order valence-corrected chi connectivity index (χ4v) is 3.10. The summed E-state index contributed by atoms with van der Waals surface area (Å²) in [4.78, 5) is 17.0. The molecule has 0 aliphatic heterocycles. The van der Waals surface area contributed by atoms with Gasteiger partial charge in [-0.15, -0.1) is 0 Å². The number of hydrogen-bond acceptors (Lipinski definition) is 3. The molecule has 91 valence electrons. The molecular formula is C12H15N2OSSe. The second-order valence-electron chi connectivity index (χ2n) is 4.16. The molecule has 0 saturated heterocycles. The van der Waals surface area contributed by atoms with Crippen LogP contribution in [0.5, 0.6) is 0 Å². The third-order valence-corrected chi connectivity index (χ3v) is 4.14. The topological polar surface area (TPSA) is 41.5 Å². The van der Waals surface area contributed by atoms with Crippen molar-refractivity contribution in [3.8, 4) is 0 Å². The van der Waals surface area contributed by atoms with Crippen molar-refractivity contribution in [2.24, 2.45) is 4.99 Å². The second kappa shape index (κ2) is 6.33. The predicted octanol–water partition coefficient (Wildman–Crippen LogP) is 2.34. The number of nitrogens with zero attached hydrogens (tertiary/aromatic N) is 1. The van der Waals surface area contributed by atoms with E-state index >= 15 is 0 Å². The Labute approximate surface area is 114 Å². The van der Waals surface area contributed by atoms with E-state index < -0.39 is 0 Å². The Morgan fingerprint density at radius 2 is 2.18 bits per heavy atom. The Kier molecular flexibility index (Phi) is 4.77. The van der Waals surface area contributed by atoms with Gasteiger partial charge in [-0.25, -0.2) is 0 Å². The number of hydrogen-bond donors (Lipinski definition) is 1. The van der Waals surface area contributed by atoms with E-state index in [1.165, 1.54) is 30.6 Å². The van der Waals surface area contributed by atoms with Gasteiger partial charge in [-0.2, -0.15) is 0 Å². The van der Waals surface area contributed by atoms with Crippen LogP contribution < -0.4 is 5.32 Å². The number of amides is 1. The summed E-state index contributed by atoms with van der Waals surface area (Å²) < 4.78 is 0.621. The number of aliphatic imine (C=N–C) groups is 1. The summed E-state index contributed by atoms with van der Waals surface area (Å²) in [7, 11) is 0.